The Kier molecular flexibility index (Phi) is 5.85. The van der Waals surface area contributed by atoms with Crippen molar-refractivity contribution in [3.63, 3.8) is 0 Å². The summed E-state index contributed by atoms with van der Waals surface area (Å²) in [6.45, 7) is 2.05. The first-order chi connectivity index (χ1) is 9.42. The number of allylic oxidation sites excluding steroid dienone is 8. The fourth-order valence-corrected chi connectivity index (χ4v) is 4.34. The maximum absolute atomic E-state index is 2.42. The molecule has 19 heavy (non-hydrogen) atoms. The van der Waals surface area contributed by atoms with Crippen LogP contribution in [0.1, 0.15) is 19.8 Å². The Balaban J connectivity index is 2.18. The van der Waals surface area contributed by atoms with Crippen molar-refractivity contribution < 1.29 is 0 Å². The summed E-state index contributed by atoms with van der Waals surface area (Å²) in [6.07, 6.45) is 19.2. The van der Waals surface area contributed by atoms with Gasteiger partial charge in [-0.1, -0.05) is 72.9 Å². The largest absolute Gasteiger partial charge is 0.0877 e. The first-order valence-corrected chi connectivity index (χ1v) is 8.41. The molecule has 1 heteroatoms. The van der Waals surface area contributed by atoms with Gasteiger partial charge in [-0.15, -0.1) is 0 Å². The molecule has 0 spiro atoms. The highest BCUT2D eigenvalue weighted by Gasteiger charge is 2.13. The summed E-state index contributed by atoms with van der Waals surface area (Å²) < 4.78 is 0. The fourth-order valence-electron chi connectivity index (χ4n) is 2.12. The monoisotopic (exact) mass is 268 g/mol. The number of benzene rings is 1. The zero-order chi connectivity index (χ0) is 13.3. The molecule has 1 atom stereocenters. The van der Waals surface area contributed by atoms with Gasteiger partial charge < -0.3 is 0 Å². The summed E-state index contributed by atoms with van der Waals surface area (Å²) >= 11 is 0. The second-order valence-corrected chi connectivity index (χ2v) is 6.76. The lowest BCUT2D eigenvalue weighted by Gasteiger charge is -2.19. The number of hydrogen-bond donors (Lipinski definition) is 0. The molecule has 1 unspecified atom stereocenters. The SMILES string of the molecule is C/C=C\C=C/CP(C1=CCCC=C1)c1ccccc1. The van der Waals surface area contributed by atoms with Gasteiger partial charge in [-0.05, 0) is 44.5 Å². The molecule has 0 fully saturated rings. The normalized spacial score (nSPS) is 17.0. The molecule has 0 N–H and O–H groups in total. The Morgan fingerprint density at radius 2 is 1.95 bits per heavy atom. The molecule has 1 aliphatic rings. The lowest BCUT2D eigenvalue weighted by Crippen LogP contribution is -2.04. The van der Waals surface area contributed by atoms with E-state index in [1.807, 2.05) is 0 Å². The third-order valence-electron chi connectivity index (χ3n) is 3.08. The fraction of sp³-hybridized carbons (Fsp3) is 0.222. The van der Waals surface area contributed by atoms with Gasteiger partial charge in [0, 0.05) is 0 Å². The van der Waals surface area contributed by atoms with Gasteiger partial charge in [0.1, 0.15) is 0 Å². The van der Waals surface area contributed by atoms with Crippen LogP contribution in [-0.4, -0.2) is 6.16 Å². The molecular formula is C18H21P. The van der Waals surface area contributed by atoms with Crippen molar-refractivity contribution in [2.24, 2.45) is 0 Å². The number of hydrogen-bond acceptors (Lipinski definition) is 0. The van der Waals surface area contributed by atoms with Gasteiger partial charge >= 0.3 is 0 Å². The van der Waals surface area contributed by atoms with Crippen LogP contribution in [0.5, 0.6) is 0 Å². The minimum atomic E-state index is -0.237. The molecule has 0 aromatic heterocycles. The third kappa shape index (κ3) is 4.33. The summed E-state index contributed by atoms with van der Waals surface area (Å²) in [4.78, 5) is 0. The van der Waals surface area contributed by atoms with E-state index >= 15 is 0 Å². The highest BCUT2D eigenvalue weighted by atomic mass is 31.1. The zero-order valence-corrected chi connectivity index (χ0v) is 12.4. The van der Waals surface area contributed by atoms with E-state index in [9.17, 15) is 0 Å². The van der Waals surface area contributed by atoms with Crippen molar-refractivity contribution in [2.45, 2.75) is 19.8 Å². The van der Waals surface area contributed by atoms with Gasteiger partial charge in [-0.3, -0.25) is 0 Å². The maximum atomic E-state index is 2.42. The minimum Gasteiger partial charge on any atom is -0.0877 e. The molecule has 0 saturated heterocycles. The number of rotatable bonds is 5. The van der Waals surface area contributed by atoms with Crippen molar-refractivity contribution in [3.8, 4) is 0 Å². The first kappa shape index (κ1) is 14.0. The predicted molar refractivity (Wildman–Crippen MR) is 88.3 cm³/mol. The summed E-state index contributed by atoms with van der Waals surface area (Å²) in [5, 5.41) is 3.00. The molecule has 0 nitrogen and oxygen atoms in total. The standard InChI is InChI=1S/C18H21P/c1-2-3-4-11-16-19(17-12-7-5-8-13-17)18-14-9-6-10-15-18/h2-5,7-9,11-15H,6,10,16H2,1H3/b3-2-,11-4-. The topological polar surface area (TPSA) is 0 Å². The van der Waals surface area contributed by atoms with Gasteiger partial charge in [0.2, 0.25) is 0 Å². The molecule has 1 aromatic carbocycles. The Hall–Kier alpha value is -1.39. The Bertz CT molecular complexity index is 492. The smallest absolute Gasteiger partial charge is 0.00612 e. The van der Waals surface area contributed by atoms with Crippen LogP contribution in [-0.2, 0) is 0 Å². The van der Waals surface area contributed by atoms with E-state index in [-0.39, 0.29) is 7.92 Å². The average molecular weight is 268 g/mol. The van der Waals surface area contributed by atoms with Crippen LogP contribution in [0.3, 0.4) is 0 Å². The van der Waals surface area contributed by atoms with E-state index in [0.29, 0.717) is 0 Å². The molecule has 0 bridgehead atoms. The molecule has 0 saturated carbocycles. The van der Waals surface area contributed by atoms with E-state index in [2.05, 4.69) is 79.8 Å². The third-order valence-corrected chi connectivity index (χ3v) is 5.54. The summed E-state index contributed by atoms with van der Waals surface area (Å²) in [7, 11) is -0.237. The van der Waals surface area contributed by atoms with Crippen molar-refractivity contribution >= 4 is 13.2 Å². The molecule has 0 aliphatic heterocycles. The predicted octanol–water partition coefficient (Wildman–Crippen LogP) is 5.16. The van der Waals surface area contributed by atoms with E-state index in [1.165, 1.54) is 23.5 Å². The molecule has 1 aliphatic carbocycles. The van der Waals surface area contributed by atoms with Gasteiger partial charge in [0.25, 0.3) is 0 Å². The quantitative estimate of drug-likeness (QED) is 0.511. The Morgan fingerprint density at radius 3 is 2.63 bits per heavy atom. The summed E-state index contributed by atoms with van der Waals surface area (Å²) in [5.74, 6) is 0. The van der Waals surface area contributed by atoms with E-state index < -0.39 is 0 Å². The lowest BCUT2D eigenvalue weighted by molar-refractivity contribution is 1.03. The average Bonchev–Trinajstić information content (AvgIpc) is 2.49. The van der Waals surface area contributed by atoms with Crippen LogP contribution in [0.2, 0.25) is 0 Å². The van der Waals surface area contributed by atoms with Crippen LogP contribution in [0.25, 0.3) is 0 Å². The van der Waals surface area contributed by atoms with Crippen molar-refractivity contribution in [1.29, 1.82) is 0 Å². The Labute approximate surface area is 118 Å². The van der Waals surface area contributed by atoms with Crippen LogP contribution < -0.4 is 5.30 Å². The van der Waals surface area contributed by atoms with E-state index in [0.717, 1.165) is 6.16 Å². The van der Waals surface area contributed by atoms with E-state index in [1.54, 1.807) is 0 Å². The highest BCUT2D eigenvalue weighted by molar-refractivity contribution is 7.70. The first-order valence-electron chi connectivity index (χ1n) is 6.89. The second-order valence-electron chi connectivity index (χ2n) is 4.51. The van der Waals surface area contributed by atoms with Gasteiger partial charge in [-0.25, -0.2) is 0 Å². The molecule has 1 aromatic rings. The Morgan fingerprint density at radius 1 is 1.11 bits per heavy atom. The van der Waals surface area contributed by atoms with Crippen LogP contribution >= 0.6 is 7.92 Å². The molecule has 0 radical (unpaired) electrons. The molecule has 0 amide bonds. The van der Waals surface area contributed by atoms with Gasteiger partial charge in [0.15, 0.2) is 0 Å². The minimum absolute atomic E-state index is 0.237. The van der Waals surface area contributed by atoms with Crippen LogP contribution in [0.15, 0.2) is 78.2 Å². The maximum Gasteiger partial charge on any atom is -0.00612 e. The van der Waals surface area contributed by atoms with Crippen molar-refractivity contribution in [1.82, 2.24) is 0 Å². The molecule has 98 valence electrons. The summed E-state index contributed by atoms with van der Waals surface area (Å²) in [6, 6.07) is 10.9. The van der Waals surface area contributed by atoms with E-state index in [4.69, 9.17) is 0 Å². The summed E-state index contributed by atoms with van der Waals surface area (Å²) in [5.41, 5.74) is 0. The zero-order valence-electron chi connectivity index (χ0n) is 11.5. The highest BCUT2D eigenvalue weighted by Crippen LogP contribution is 2.45. The molecular weight excluding hydrogens is 247 g/mol. The molecule has 2 rings (SSSR count). The van der Waals surface area contributed by atoms with Crippen LogP contribution in [0.4, 0.5) is 0 Å². The van der Waals surface area contributed by atoms with Crippen molar-refractivity contribution in [3.05, 3.63) is 78.2 Å². The lowest BCUT2D eigenvalue weighted by atomic mass is 10.2. The van der Waals surface area contributed by atoms with Crippen LogP contribution in [0, 0.1) is 0 Å². The second kappa shape index (κ2) is 7.92. The molecule has 0 heterocycles. The van der Waals surface area contributed by atoms with Gasteiger partial charge in [0.05, 0.1) is 0 Å². The van der Waals surface area contributed by atoms with Gasteiger partial charge in [-0.2, -0.15) is 0 Å². The van der Waals surface area contributed by atoms with Crippen molar-refractivity contribution in [2.75, 3.05) is 6.16 Å².